The molecule has 1 amide bonds. The molecule has 0 saturated carbocycles. The van der Waals surface area contributed by atoms with Gasteiger partial charge in [-0.2, -0.15) is 23.4 Å². The van der Waals surface area contributed by atoms with Crippen LogP contribution >= 0.6 is 0 Å². The van der Waals surface area contributed by atoms with E-state index < -0.39 is 29.0 Å². The molecule has 0 aliphatic rings. The summed E-state index contributed by atoms with van der Waals surface area (Å²) in [6.07, 6.45) is -3.42. The number of pyridine rings is 1. The highest BCUT2D eigenvalue weighted by Gasteiger charge is 2.35. The molecule has 178 valence electrons. The lowest BCUT2D eigenvalue weighted by molar-refractivity contribution is -0.141. The van der Waals surface area contributed by atoms with Gasteiger partial charge in [0.05, 0.1) is 5.56 Å². The summed E-state index contributed by atoms with van der Waals surface area (Å²) in [5.41, 5.74) is 0.637. The third-order valence-corrected chi connectivity index (χ3v) is 4.28. The summed E-state index contributed by atoms with van der Waals surface area (Å²) in [4.78, 5) is 34.0. The Morgan fingerprint density at radius 2 is 1.88 bits per heavy atom. The Morgan fingerprint density at radius 1 is 1.21 bits per heavy atom. The summed E-state index contributed by atoms with van der Waals surface area (Å²) in [6, 6.07) is 4.77. The first-order valence-corrected chi connectivity index (χ1v) is 10.00. The highest BCUT2D eigenvalue weighted by molar-refractivity contribution is 5.94. The molecule has 0 aliphatic heterocycles. The van der Waals surface area contributed by atoms with Gasteiger partial charge in [-0.1, -0.05) is 20.8 Å². The van der Waals surface area contributed by atoms with Crippen molar-refractivity contribution in [2.75, 3.05) is 32.2 Å². The molecule has 0 unspecified atom stereocenters. The van der Waals surface area contributed by atoms with E-state index in [0.29, 0.717) is 19.2 Å². The molecule has 9 nitrogen and oxygen atoms in total. The average molecular weight is 465 g/mol. The number of carbonyl (C=O) groups excluding carboxylic acids is 1. The molecule has 0 bridgehead atoms. The molecule has 0 aliphatic carbocycles. The van der Waals surface area contributed by atoms with Crippen molar-refractivity contribution in [3.63, 3.8) is 0 Å². The SMILES string of the molecule is CN(C)CCn1cc(C(=O)NN(CC(C)(C)C)c2cc(C(F)(F)F)nc(C#N)n2)ccc1=O. The predicted octanol–water partition coefficient (Wildman–Crippen LogP) is 2.29. The number of alkyl halides is 3. The van der Waals surface area contributed by atoms with Crippen molar-refractivity contribution in [3.05, 3.63) is 51.8 Å². The van der Waals surface area contributed by atoms with E-state index in [2.05, 4.69) is 15.4 Å². The fraction of sp³-hybridized carbons (Fsp3) is 0.476. The first-order valence-electron chi connectivity index (χ1n) is 10.00. The number of amides is 1. The third-order valence-electron chi connectivity index (χ3n) is 4.28. The van der Waals surface area contributed by atoms with Gasteiger partial charge in [0.1, 0.15) is 6.07 Å². The fourth-order valence-electron chi connectivity index (χ4n) is 2.76. The van der Waals surface area contributed by atoms with Gasteiger partial charge < -0.3 is 9.47 Å². The number of hydrogen-bond acceptors (Lipinski definition) is 7. The number of aromatic nitrogens is 3. The van der Waals surface area contributed by atoms with E-state index >= 15 is 0 Å². The second kappa shape index (κ2) is 9.99. The molecule has 2 aromatic heterocycles. The van der Waals surface area contributed by atoms with Gasteiger partial charge in [0.25, 0.3) is 11.5 Å². The van der Waals surface area contributed by atoms with E-state index in [1.54, 1.807) is 0 Å². The fourth-order valence-corrected chi connectivity index (χ4v) is 2.76. The summed E-state index contributed by atoms with van der Waals surface area (Å²) in [7, 11) is 3.69. The molecule has 2 heterocycles. The summed E-state index contributed by atoms with van der Waals surface area (Å²) in [5.74, 6) is -1.60. The zero-order valence-electron chi connectivity index (χ0n) is 19.1. The monoisotopic (exact) mass is 465 g/mol. The first kappa shape index (κ1) is 25.8. The van der Waals surface area contributed by atoms with Crippen LogP contribution in [0.15, 0.2) is 29.2 Å². The number of carbonyl (C=O) groups is 1. The summed E-state index contributed by atoms with van der Waals surface area (Å²) in [5, 5.41) is 10.2. The topological polar surface area (TPSA) is 107 Å². The largest absolute Gasteiger partial charge is 0.433 e. The first-order chi connectivity index (χ1) is 15.2. The minimum atomic E-state index is -4.80. The van der Waals surface area contributed by atoms with Crippen LogP contribution in [0.4, 0.5) is 19.0 Å². The van der Waals surface area contributed by atoms with Crippen molar-refractivity contribution in [3.8, 4) is 6.07 Å². The van der Waals surface area contributed by atoms with E-state index in [4.69, 9.17) is 5.26 Å². The van der Waals surface area contributed by atoms with Crippen LogP contribution in [0.1, 0.15) is 42.6 Å². The van der Waals surface area contributed by atoms with Crippen LogP contribution in [0.3, 0.4) is 0 Å². The Kier molecular flexibility index (Phi) is 7.81. The molecule has 0 radical (unpaired) electrons. The number of nitriles is 1. The average Bonchev–Trinajstić information content (AvgIpc) is 2.70. The van der Waals surface area contributed by atoms with Gasteiger partial charge in [0, 0.05) is 38.0 Å². The Hall–Kier alpha value is -3.46. The second-order valence-corrected chi connectivity index (χ2v) is 8.88. The van der Waals surface area contributed by atoms with Gasteiger partial charge in [-0.3, -0.25) is 20.0 Å². The molecular formula is C21H26F3N7O2. The van der Waals surface area contributed by atoms with E-state index in [1.165, 1.54) is 29.0 Å². The molecule has 2 aromatic rings. The number of nitrogens with one attached hydrogen (secondary N) is 1. The van der Waals surface area contributed by atoms with Crippen molar-refractivity contribution in [1.29, 1.82) is 5.26 Å². The lowest BCUT2D eigenvalue weighted by atomic mass is 9.96. The maximum Gasteiger partial charge on any atom is 0.433 e. The minimum Gasteiger partial charge on any atom is -0.313 e. The number of likely N-dealkylation sites (N-methyl/N-ethyl adjacent to an activating group) is 1. The zero-order valence-corrected chi connectivity index (χ0v) is 19.1. The van der Waals surface area contributed by atoms with Crippen molar-refractivity contribution in [1.82, 2.24) is 24.9 Å². The lowest BCUT2D eigenvalue weighted by Gasteiger charge is -2.31. The number of anilines is 1. The number of hydrazine groups is 1. The Labute approximate surface area is 189 Å². The number of hydrogen-bond donors (Lipinski definition) is 1. The summed E-state index contributed by atoms with van der Waals surface area (Å²) in [6.45, 7) is 6.47. The van der Waals surface area contributed by atoms with Gasteiger partial charge in [-0.25, -0.2) is 4.98 Å². The summed E-state index contributed by atoms with van der Waals surface area (Å²) < 4.78 is 41.2. The quantitative estimate of drug-likeness (QED) is 0.625. The molecular weight excluding hydrogens is 439 g/mol. The van der Waals surface area contributed by atoms with Crippen molar-refractivity contribution < 1.29 is 18.0 Å². The van der Waals surface area contributed by atoms with Gasteiger partial charge in [-0.15, -0.1) is 0 Å². The van der Waals surface area contributed by atoms with Gasteiger partial charge in [-0.05, 0) is 25.6 Å². The van der Waals surface area contributed by atoms with E-state index in [0.717, 1.165) is 5.01 Å². The van der Waals surface area contributed by atoms with Crippen LogP contribution in [0.2, 0.25) is 0 Å². The van der Waals surface area contributed by atoms with E-state index in [-0.39, 0.29) is 23.5 Å². The van der Waals surface area contributed by atoms with Crippen molar-refractivity contribution in [2.24, 2.45) is 5.41 Å². The van der Waals surface area contributed by atoms with Gasteiger partial charge in [0.15, 0.2) is 11.5 Å². The molecule has 2 rings (SSSR count). The Bertz CT molecular complexity index is 1100. The van der Waals surface area contributed by atoms with Crippen LogP contribution in [0.5, 0.6) is 0 Å². The zero-order chi connectivity index (χ0) is 25.0. The number of halogens is 3. The van der Waals surface area contributed by atoms with Crippen LogP contribution in [0.25, 0.3) is 0 Å². The molecule has 0 spiro atoms. The van der Waals surface area contributed by atoms with E-state index in [1.807, 2.05) is 39.8 Å². The molecule has 0 saturated heterocycles. The van der Waals surface area contributed by atoms with Gasteiger partial charge in [0.2, 0.25) is 5.82 Å². The second-order valence-electron chi connectivity index (χ2n) is 8.88. The van der Waals surface area contributed by atoms with Gasteiger partial charge >= 0.3 is 6.18 Å². The number of nitrogens with zero attached hydrogens (tertiary/aromatic N) is 6. The maximum atomic E-state index is 13.3. The van der Waals surface area contributed by atoms with Crippen LogP contribution in [-0.4, -0.2) is 52.5 Å². The number of rotatable bonds is 7. The minimum absolute atomic E-state index is 0.0815. The smallest absolute Gasteiger partial charge is 0.313 e. The highest BCUT2D eigenvalue weighted by Crippen LogP contribution is 2.30. The normalized spacial score (nSPS) is 11.9. The van der Waals surface area contributed by atoms with E-state index in [9.17, 15) is 22.8 Å². The Balaban J connectivity index is 2.43. The standard InChI is InChI=1S/C21H26F3N7O2/c1-20(2,3)13-31(17-10-15(21(22,23)24)26-16(11-25)27-17)28-19(33)14-6-7-18(32)30(12-14)9-8-29(4)5/h6-7,10,12H,8-9,13H2,1-5H3,(H,28,33). The molecule has 0 atom stereocenters. The molecule has 12 heteroatoms. The molecule has 0 fully saturated rings. The van der Waals surface area contributed by atoms with Crippen LogP contribution in [0, 0.1) is 16.7 Å². The Morgan fingerprint density at radius 3 is 2.42 bits per heavy atom. The predicted molar refractivity (Wildman–Crippen MR) is 115 cm³/mol. The summed E-state index contributed by atoms with van der Waals surface area (Å²) >= 11 is 0. The maximum absolute atomic E-state index is 13.3. The highest BCUT2D eigenvalue weighted by atomic mass is 19.4. The molecule has 0 aromatic carbocycles. The van der Waals surface area contributed by atoms with Crippen LogP contribution < -0.4 is 16.0 Å². The van der Waals surface area contributed by atoms with Crippen molar-refractivity contribution in [2.45, 2.75) is 33.5 Å². The molecule has 1 N–H and O–H groups in total. The lowest BCUT2D eigenvalue weighted by Crippen LogP contribution is -2.47. The third kappa shape index (κ3) is 7.57. The van der Waals surface area contributed by atoms with Crippen molar-refractivity contribution >= 4 is 11.7 Å². The van der Waals surface area contributed by atoms with Crippen LogP contribution in [-0.2, 0) is 12.7 Å². The molecule has 33 heavy (non-hydrogen) atoms.